The lowest BCUT2D eigenvalue weighted by molar-refractivity contribution is 0.461. The molecule has 88 valence electrons. The Hall–Kier alpha value is -1.07. The van der Waals surface area contributed by atoms with Crippen molar-refractivity contribution >= 4 is 37.5 Å². The highest BCUT2D eigenvalue weighted by Gasteiger charge is 2.08. The van der Waals surface area contributed by atoms with Gasteiger partial charge in [-0.1, -0.05) is 6.07 Å². The topological polar surface area (TPSA) is 48.1 Å². The molecule has 0 saturated heterocycles. The van der Waals surface area contributed by atoms with E-state index in [9.17, 15) is 0 Å². The van der Waals surface area contributed by atoms with Crippen molar-refractivity contribution in [2.75, 3.05) is 5.73 Å². The van der Waals surface area contributed by atoms with Crippen LogP contribution in [0.4, 0.5) is 5.69 Å². The predicted octanol–water partition coefficient (Wildman–Crippen LogP) is 4.29. The Labute approximate surface area is 116 Å². The van der Waals surface area contributed by atoms with Gasteiger partial charge in [0.2, 0.25) is 5.88 Å². The number of anilines is 1. The lowest BCUT2D eigenvalue weighted by Crippen LogP contribution is -1.95. The van der Waals surface area contributed by atoms with Crippen LogP contribution in [0.15, 0.2) is 39.3 Å². The van der Waals surface area contributed by atoms with Crippen LogP contribution in [0.2, 0.25) is 0 Å². The number of nitrogens with two attached hydrogens (primary N) is 1. The maximum Gasteiger partial charge on any atom is 0.219 e. The highest BCUT2D eigenvalue weighted by molar-refractivity contribution is 9.10. The van der Waals surface area contributed by atoms with Crippen LogP contribution >= 0.6 is 31.9 Å². The second kappa shape index (κ2) is 5.06. The van der Waals surface area contributed by atoms with Gasteiger partial charge in [-0.3, -0.25) is 0 Å². The third-order valence-electron chi connectivity index (χ3n) is 2.20. The molecule has 0 unspecified atom stereocenters. The standard InChI is InChI=1S/C12H10Br2N2O/c1-7-8(13)5-6-11(16-7)17-12-9(14)3-2-4-10(12)15/h2-6H,15H2,1H3. The first-order valence-corrected chi connectivity index (χ1v) is 6.51. The number of aromatic nitrogens is 1. The van der Waals surface area contributed by atoms with Crippen molar-refractivity contribution < 1.29 is 4.74 Å². The predicted molar refractivity (Wildman–Crippen MR) is 75.3 cm³/mol. The molecule has 0 aliphatic rings. The SMILES string of the molecule is Cc1nc(Oc2c(N)cccc2Br)ccc1Br. The van der Waals surface area contributed by atoms with E-state index in [0.29, 0.717) is 17.3 Å². The summed E-state index contributed by atoms with van der Waals surface area (Å²) in [6.45, 7) is 1.90. The highest BCUT2D eigenvalue weighted by Crippen LogP contribution is 2.34. The summed E-state index contributed by atoms with van der Waals surface area (Å²) in [5.41, 5.74) is 7.28. The van der Waals surface area contributed by atoms with E-state index in [1.54, 1.807) is 12.1 Å². The van der Waals surface area contributed by atoms with Crippen LogP contribution in [0, 0.1) is 6.92 Å². The lowest BCUT2D eigenvalue weighted by Gasteiger charge is -2.10. The van der Waals surface area contributed by atoms with E-state index >= 15 is 0 Å². The number of benzene rings is 1. The second-order valence-corrected chi connectivity index (χ2v) is 5.19. The molecule has 17 heavy (non-hydrogen) atoms. The van der Waals surface area contributed by atoms with Crippen LogP contribution in [0.25, 0.3) is 0 Å². The molecule has 2 aromatic rings. The Morgan fingerprint density at radius 2 is 1.88 bits per heavy atom. The molecule has 0 atom stereocenters. The minimum atomic E-state index is 0.518. The molecule has 0 saturated carbocycles. The zero-order valence-electron chi connectivity index (χ0n) is 9.08. The Balaban J connectivity index is 2.35. The molecule has 2 rings (SSSR count). The maximum absolute atomic E-state index is 5.85. The molecule has 3 nitrogen and oxygen atoms in total. The summed E-state index contributed by atoms with van der Waals surface area (Å²) < 4.78 is 7.43. The smallest absolute Gasteiger partial charge is 0.219 e. The quantitative estimate of drug-likeness (QED) is 0.815. The van der Waals surface area contributed by atoms with Crippen molar-refractivity contribution in [1.29, 1.82) is 0 Å². The molecule has 1 heterocycles. The van der Waals surface area contributed by atoms with Gasteiger partial charge in [0, 0.05) is 10.5 Å². The van der Waals surface area contributed by atoms with Crippen LogP contribution in [0.1, 0.15) is 5.69 Å². The molecule has 0 spiro atoms. The van der Waals surface area contributed by atoms with Crippen molar-refractivity contribution in [3.8, 4) is 11.6 Å². The van der Waals surface area contributed by atoms with E-state index in [4.69, 9.17) is 10.5 Å². The van der Waals surface area contributed by atoms with Crippen LogP contribution in [0.3, 0.4) is 0 Å². The molecule has 1 aromatic heterocycles. The fourth-order valence-corrected chi connectivity index (χ4v) is 2.00. The summed E-state index contributed by atoms with van der Waals surface area (Å²) in [5.74, 6) is 1.10. The third-order valence-corrected chi connectivity index (χ3v) is 3.66. The summed E-state index contributed by atoms with van der Waals surface area (Å²) in [6.07, 6.45) is 0. The molecular weight excluding hydrogens is 348 g/mol. The molecule has 1 aromatic carbocycles. The summed E-state index contributed by atoms with van der Waals surface area (Å²) in [5, 5.41) is 0. The number of hydrogen-bond donors (Lipinski definition) is 1. The van der Waals surface area contributed by atoms with E-state index in [2.05, 4.69) is 36.8 Å². The third kappa shape index (κ3) is 2.79. The zero-order valence-corrected chi connectivity index (χ0v) is 12.2. The van der Waals surface area contributed by atoms with Crippen molar-refractivity contribution in [2.24, 2.45) is 0 Å². The first kappa shape index (κ1) is 12.4. The molecule has 0 amide bonds. The highest BCUT2D eigenvalue weighted by atomic mass is 79.9. The fraction of sp³-hybridized carbons (Fsp3) is 0.0833. The summed E-state index contributed by atoms with van der Waals surface area (Å²) in [7, 11) is 0. The monoisotopic (exact) mass is 356 g/mol. The zero-order chi connectivity index (χ0) is 12.4. The van der Waals surface area contributed by atoms with Crippen molar-refractivity contribution in [3.05, 3.63) is 45.0 Å². The van der Waals surface area contributed by atoms with Gasteiger partial charge in [0.25, 0.3) is 0 Å². The van der Waals surface area contributed by atoms with Gasteiger partial charge in [-0.25, -0.2) is 4.98 Å². The van der Waals surface area contributed by atoms with Gasteiger partial charge in [-0.2, -0.15) is 0 Å². The normalized spacial score (nSPS) is 10.3. The molecule has 0 fully saturated rings. The number of para-hydroxylation sites is 1. The molecule has 2 N–H and O–H groups in total. The first-order chi connectivity index (χ1) is 8.08. The minimum absolute atomic E-state index is 0.518. The van der Waals surface area contributed by atoms with Crippen molar-refractivity contribution in [1.82, 2.24) is 4.98 Å². The summed E-state index contributed by atoms with van der Waals surface area (Å²) >= 11 is 6.79. The lowest BCUT2D eigenvalue weighted by atomic mass is 10.3. The summed E-state index contributed by atoms with van der Waals surface area (Å²) in [6, 6.07) is 9.19. The van der Waals surface area contributed by atoms with Crippen LogP contribution in [0.5, 0.6) is 11.6 Å². The largest absolute Gasteiger partial charge is 0.436 e. The van der Waals surface area contributed by atoms with Gasteiger partial charge in [0.05, 0.1) is 15.9 Å². The van der Waals surface area contributed by atoms with E-state index in [-0.39, 0.29) is 0 Å². The van der Waals surface area contributed by atoms with Gasteiger partial charge in [0.15, 0.2) is 5.75 Å². The average Bonchev–Trinajstić information content (AvgIpc) is 2.28. The van der Waals surface area contributed by atoms with Crippen molar-refractivity contribution in [3.63, 3.8) is 0 Å². The Morgan fingerprint density at radius 3 is 2.53 bits per heavy atom. The number of pyridine rings is 1. The van der Waals surface area contributed by atoms with Gasteiger partial charge in [-0.05, 0) is 57.0 Å². The Morgan fingerprint density at radius 1 is 1.12 bits per heavy atom. The molecule has 0 bridgehead atoms. The second-order valence-electron chi connectivity index (χ2n) is 3.48. The number of nitrogens with zero attached hydrogens (tertiary/aromatic N) is 1. The number of ether oxygens (including phenoxy) is 1. The van der Waals surface area contributed by atoms with Crippen LogP contribution in [-0.2, 0) is 0 Å². The van der Waals surface area contributed by atoms with Crippen LogP contribution < -0.4 is 10.5 Å². The van der Waals surface area contributed by atoms with E-state index in [0.717, 1.165) is 14.6 Å². The molecular formula is C12H10Br2N2O. The van der Waals surface area contributed by atoms with Gasteiger partial charge in [0.1, 0.15) is 0 Å². The minimum Gasteiger partial charge on any atom is -0.436 e. The number of nitrogen functional groups attached to an aromatic ring is 1. The molecule has 5 heteroatoms. The maximum atomic E-state index is 5.85. The molecule has 0 radical (unpaired) electrons. The number of hydrogen-bond acceptors (Lipinski definition) is 3. The number of halogens is 2. The Bertz CT molecular complexity index is 538. The van der Waals surface area contributed by atoms with E-state index in [1.807, 2.05) is 25.1 Å². The first-order valence-electron chi connectivity index (χ1n) is 4.93. The number of rotatable bonds is 2. The summed E-state index contributed by atoms with van der Waals surface area (Å²) in [4.78, 5) is 4.30. The molecule has 0 aliphatic heterocycles. The van der Waals surface area contributed by atoms with Gasteiger partial charge < -0.3 is 10.5 Å². The van der Waals surface area contributed by atoms with Gasteiger partial charge in [-0.15, -0.1) is 0 Å². The van der Waals surface area contributed by atoms with Crippen LogP contribution in [-0.4, -0.2) is 4.98 Å². The fourth-order valence-electron chi connectivity index (χ4n) is 1.32. The van der Waals surface area contributed by atoms with E-state index < -0.39 is 0 Å². The number of aryl methyl sites for hydroxylation is 1. The van der Waals surface area contributed by atoms with Crippen molar-refractivity contribution in [2.45, 2.75) is 6.92 Å². The Kier molecular flexibility index (Phi) is 3.69. The van der Waals surface area contributed by atoms with E-state index in [1.165, 1.54) is 0 Å². The molecule has 0 aliphatic carbocycles. The average molecular weight is 358 g/mol. The van der Waals surface area contributed by atoms with Gasteiger partial charge >= 0.3 is 0 Å².